The van der Waals surface area contributed by atoms with E-state index in [4.69, 9.17) is 16.7 Å². The van der Waals surface area contributed by atoms with Crippen LogP contribution in [0.15, 0.2) is 18.2 Å². The molecule has 0 amide bonds. The summed E-state index contributed by atoms with van der Waals surface area (Å²) >= 11 is 5.28. The van der Waals surface area contributed by atoms with Crippen LogP contribution in [0.2, 0.25) is 5.02 Å². The fourth-order valence-corrected chi connectivity index (χ4v) is 1.36. The molecule has 0 aromatic heterocycles. The van der Waals surface area contributed by atoms with Crippen LogP contribution in [0.3, 0.4) is 0 Å². The van der Waals surface area contributed by atoms with Crippen LogP contribution in [0.1, 0.15) is 17.2 Å². The lowest BCUT2D eigenvalue weighted by Gasteiger charge is -2.19. The van der Waals surface area contributed by atoms with E-state index in [-0.39, 0.29) is 5.02 Å². The van der Waals surface area contributed by atoms with Gasteiger partial charge in [-0.3, -0.25) is 0 Å². The zero-order valence-electron chi connectivity index (χ0n) is 7.90. The van der Waals surface area contributed by atoms with Gasteiger partial charge in [-0.25, -0.2) is 0 Å². The Kier molecular flexibility index (Phi) is 3.63. The van der Waals surface area contributed by atoms with E-state index < -0.39 is 29.6 Å². The van der Waals surface area contributed by atoms with Crippen LogP contribution in [-0.2, 0) is 6.18 Å². The van der Waals surface area contributed by atoms with Crippen molar-refractivity contribution in [1.82, 2.24) is 0 Å². The van der Waals surface area contributed by atoms with Crippen LogP contribution < -0.4 is 0 Å². The predicted octanol–water partition coefficient (Wildman–Crippen LogP) is 3.95. The third-order valence-corrected chi connectivity index (χ3v) is 2.16. The zero-order chi connectivity index (χ0) is 13.4. The first kappa shape index (κ1) is 14.1. The maximum atomic E-state index is 12.4. The Morgan fingerprint density at radius 2 is 1.59 bits per heavy atom. The van der Waals surface area contributed by atoms with Crippen molar-refractivity contribution >= 4 is 11.6 Å². The van der Waals surface area contributed by atoms with Crippen LogP contribution in [-0.4, -0.2) is 11.3 Å². The Hall–Kier alpha value is -0.950. The second kappa shape index (κ2) is 4.38. The summed E-state index contributed by atoms with van der Waals surface area (Å²) < 4.78 is 73.8. The molecular formula is C9H5ClF6O. The quantitative estimate of drug-likeness (QED) is 0.771. The van der Waals surface area contributed by atoms with E-state index in [0.717, 1.165) is 6.07 Å². The zero-order valence-corrected chi connectivity index (χ0v) is 8.66. The third kappa shape index (κ3) is 3.26. The minimum atomic E-state index is -5.17. The van der Waals surface area contributed by atoms with Crippen molar-refractivity contribution in [2.24, 2.45) is 0 Å². The van der Waals surface area contributed by atoms with Crippen LogP contribution >= 0.6 is 11.6 Å². The summed E-state index contributed by atoms with van der Waals surface area (Å²) in [4.78, 5) is 0. The molecule has 0 radical (unpaired) electrons. The van der Waals surface area contributed by atoms with E-state index in [1.807, 2.05) is 0 Å². The van der Waals surface area contributed by atoms with Gasteiger partial charge in [0.2, 0.25) is 0 Å². The minimum Gasteiger partial charge on any atom is -0.379 e. The topological polar surface area (TPSA) is 20.2 Å². The molecule has 0 heterocycles. The minimum absolute atomic E-state index is 0.339. The van der Waals surface area contributed by atoms with E-state index in [1.54, 1.807) is 0 Å². The van der Waals surface area contributed by atoms with Gasteiger partial charge < -0.3 is 5.11 Å². The van der Waals surface area contributed by atoms with Crippen LogP contribution in [0.5, 0.6) is 0 Å². The molecule has 0 bridgehead atoms. The molecular weight excluding hydrogens is 274 g/mol. The summed E-state index contributed by atoms with van der Waals surface area (Å²) in [5.74, 6) is 0. The van der Waals surface area contributed by atoms with Gasteiger partial charge in [-0.2, -0.15) is 26.3 Å². The molecule has 1 unspecified atom stereocenters. The van der Waals surface area contributed by atoms with Crippen molar-refractivity contribution in [2.45, 2.75) is 18.5 Å². The highest BCUT2D eigenvalue weighted by Gasteiger charge is 2.44. The Bertz CT molecular complexity index is 411. The average Bonchev–Trinajstić information content (AvgIpc) is 2.14. The fraction of sp³-hybridized carbons (Fsp3) is 0.333. The number of halogens is 7. The lowest BCUT2D eigenvalue weighted by atomic mass is 10.0. The lowest BCUT2D eigenvalue weighted by molar-refractivity contribution is -0.209. The highest BCUT2D eigenvalue weighted by Crippen LogP contribution is 2.41. The van der Waals surface area contributed by atoms with Crippen LogP contribution in [0, 0.1) is 0 Å². The first-order chi connectivity index (χ1) is 7.53. The van der Waals surface area contributed by atoms with Crippen molar-refractivity contribution in [2.75, 3.05) is 0 Å². The van der Waals surface area contributed by atoms with Gasteiger partial charge in [-0.1, -0.05) is 17.7 Å². The molecule has 0 aliphatic heterocycles. The molecule has 0 aliphatic carbocycles. The van der Waals surface area contributed by atoms with Gasteiger partial charge >= 0.3 is 12.4 Å². The first-order valence-corrected chi connectivity index (χ1v) is 4.52. The van der Waals surface area contributed by atoms with Gasteiger partial charge in [0, 0.05) is 10.6 Å². The summed E-state index contributed by atoms with van der Waals surface area (Å²) in [7, 11) is 0. The molecule has 96 valence electrons. The number of hydrogen-bond donors (Lipinski definition) is 1. The molecule has 1 atom stereocenters. The maximum absolute atomic E-state index is 12.4. The van der Waals surface area contributed by atoms with E-state index in [0.29, 0.717) is 12.1 Å². The normalized spacial score (nSPS) is 14.8. The predicted molar refractivity (Wildman–Crippen MR) is 47.5 cm³/mol. The molecule has 0 spiro atoms. The summed E-state index contributed by atoms with van der Waals surface area (Å²) in [5, 5.41) is 8.46. The molecule has 1 N–H and O–H groups in total. The number of benzene rings is 1. The second-order valence-corrected chi connectivity index (χ2v) is 3.61. The highest BCUT2D eigenvalue weighted by atomic mass is 35.5. The monoisotopic (exact) mass is 278 g/mol. The van der Waals surface area contributed by atoms with E-state index in [1.165, 1.54) is 0 Å². The van der Waals surface area contributed by atoms with Gasteiger partial charge in [0.1, 0.15) is 0 Å². The van der Waals surface area contributed by atoms with E-state index >= 15 is 0 Å². The molecule has 1 aromatic carbocycles. The summed E-state index contributed by atoms with van der Waals surface area (Å²) in [6.07, 6.45) is -13.4. The maximum Gasteiger partial charge on any atom is 0.418 e. The van der Waals surface area contributed by atoms with Crippen molar-refractivity contribution in [3.8, 4) is 0 Å². The van der Waals surface area contributed by atoms with Gasteiger partial charge in [-0.05, 0) is 12.1 Å². The molecule has 8 heteroatoms. The summed E-state index contributed by atoms with van der Waals surface area (Å²) in [6.45, 7) is 0. The van der Waals surface area contributed by atoms with Crippen molar-refractivity contribution in [1.29, 1.82) is 0 Å². The second-order valence-electron chi connectivity index (χ2n) is 3.17. The first-order valence-electron chi connectivity index (χ1n) is 4.15. The van der Waals surface area contributed by atoms with Gasteiger partial charge in [0.05, 0.1) is 5.56 Å². The third-order valence-electron chi connectivity index (χ3n) is 1.93. The Labute approximate surface area is 96.6 Å². The van der Waals surface area contributed by atoms with E-state index in [9.17, 15) is 26.3 Å². The van der Waals surface area contributed by atoms with E-state index in [2.05, 4.69) is 0 Å². The van der Waals surface area contributed by atoms with Crippen LogP contribution in [0.25, 0.3) is 0 Å². The molecule has 17 heavy (non-hydrogen) atoms. The smallest absolute Gasteiger partial charge is 0.379 e. The SMILES string of the molecule is OC(c1ccc(Cl)cc1C(F)(F)F)C(F)(F)F. The molecule has 1 aromatic rings. The standard InChI is InChI=1S/C9H5ClF6O/c10-4-1-2-5(7(17)9(14,15)16)6(3-4)8(11,12)13/h1-3,7,17H. The van der Waals surface area contributed by atoms with Crippen molar-refractivity contribution in [3.63, 3.8) is 0 Å². The molecule has 0 saturated carbocycles. The van der Waals surface area contributed by atoms with Crippen LogP contribution in [0.4, 0.5) is 26.3 Å². The number of aliphatic hydroxyl groups excluding tert-OH is 1. The number of hydrogen-bond acceptors (Lipinski definition) is 1. The molecule has 0 saturated heterocycles. The molecule has 0 fully saturated rings. The van der Waals surface area contributed by atoms with Crippen molar-refractivity contribution in [3.05, 3.63) is 34.3 Å². The van der Waals surface area contributed by atoms with Gasteiger partial charge in [0.15, 0.2) is 6.10 Å². The lowest BCUT2D eigenvalue weighted by Crippen LogP contribution is -2.23. The number of rotatable bonds is 1. The molecule has 1 nitrogen and oxygen atoms in total. The summed E-state index contributed by atoms with van der Waals surface area (Å²) in [5.41, 5.74) is -2.87. The number of aliphatic hydroxyl groups is 1. The Balaban J connectivity index is 3.34. The average molecular weight is 279 g/mol. The summed E-state index contributed by atoms with van der Waals surface area (Å²) in [6, 6.07) is 1.69. The van der Waals surface area contributed by atoms with Gasteiger partial charge in [0.25, 0.3) is 0 Å². The fourth-order valence-electron chi connectivity index (χ4n) is 1.19. The molecule has 1 rings (SSSR count). The number of alkyl halides is 6. The Morgan fingerprint density at radius 1 is 1.06 bits per heavy atom. The van der Waals surface area contributed by atoms with Crippen molar-refractivity contribution < 1.29 is 31.4 Å². The largest absolute Gasteiger partial charge is 0.418 e. The van der Waals surface area contributed by atoms with Gasteiger partial charge in [-0.15, -0.1) is 0 Å². The molecule has 0 aliphatic rings. The Morgan fingerprint density at radius 3 is 2.00 bits per heavy atom. The highest BCUT2D eigenvalue weighted by molar-refractivity contribution is 6.30.